The highest BCUT2D eigenvalue weighted by molar-refractivity contribution is 7.89. The number of carbonyl (C=O) groups excluding carboxylic acids is 1. The Hall–Kier alpha value is -2.49. The van der Waals surface area contributed by atoms with Crippen molar-refractivity contribution in [2.24, 2.45) is 0 Å². The molecular formula is C17H21N3O5S. The molecule has 0 fully saturated rings. The monoisotopic (exact) mass is 379 g/mol. The number of nitrogens with zero attached hydrogens (tertiary/aromatic N) is 1. The molecule has 1 aromatic carbocycles. The lowest BCUT2D eigenvalue weighted by Gasteiger charge is -2.09. The molecule has 8 nitrogen and oxygen atoms in total. The van der Waals surface area contributed by atoms with Gasteiger partial charge >= 0.3 is 0 Å². The summed E-state index contributed by atoms with van der Waals surface area (Å²) in [6, 6.07) is 9.08. The van der Waals surface area contributed by atoms with Crippen molar-refractivity contribution >= 4 is 21.6 Å². The molecule has 0 aliphatic rings. The highest BCUT2D eigenvalue weighted by Gasteiger charge is 2.15. The average molecular weight is 379 g/mol. The molecule has 1 amide bonds. The molecule has 1 aromatic heterocycles. The lowest BCUT2D eigenvalue weighted by molar-refractivity contribution is 0.102. The first-order chi connectivity index (χ1) is 12.5. The molecule has 0 saturated carbocycles. The van der Waals surface area contributed by atoms with Crippen molar-refractivity contribution in [2.75, 3.05) is 32.2 Å². The first-order valence-electron chi connectivity index (χ1n) is 7.95. The van der Waals surface area contributed by atoms with E-state index in [0.717, 1.165) is 0 Å². The normalized spacial score (nSPS) is 11.2. The number of rotatable bonds is 9. The van der Waals surface area contributed by atoms with Gasteiger partial charge in [0.05, 0.1) is 23.4 Å². The Morgan fingerprint density at radius 2 is 2.00 bits per heavy atom. The fourth-order valence-corrected chi connectivity index (χ4v) is 3.14. The minimum atomic E-state index is -3.63. The third-order valence-electron chi connectivity index (χ3n) is 3.27. The first kappa shape index (κ1) is 19.8. The number of nitrogens with one attached hydrogen (secondary N) is 2. The van der Waals surface area contributed by atoms with E-state index in [-0.39, 0.29) is 17.0 Å². The first-order valence-corrected chi connectivity index (χ1v) is 9.43. The van der Waals surface area contributed by atoms with Gasteiger partial charge in [0, 0.05) is 25.3 Å². The van der Waals surface area contributed by atoms with Gasteiger partial charge in [0.1, 0.15) is 6.61 Å². The van der Waals surface area contributed by atoms with Crippen LogP contribution in [0.5, 0.6) is 5.88 Å². The van der Waals surface area contributed by atoms with Crippen molar-refractivity contribution in [1.29, 1.82) is 0 Å². The third kappa shape index (κ3) is 5.51. The van der Waals surface area contributed by atoms with Crippen molar-refractivity contribution < 1.29 is 22.7 Å². The lowest BCUT2D eigenvalue weighted by atomic mass is 10.2. The largest absolute Gasteiger partial charge is 0.475 e. The van der Waals surface area contributed by atoms with Gasteiger partial charge in [-0.3, -0.25) is 4.79 Å². The molecule has 140 valence electrons. The lowest BCUT2D eigenvalue weighted by Crippen LogP contribution is -2.23. The number of hydrogen-bond donors (Lipinski definition) is 2. The van der Waals surface area contributed by atoms with Crippen molar-refractivity contribution in [3.05, 3.63) is 48.2 Å². The van der Waals surface area contributed by atoms with Crippen LogP contribution in [-0.4, -0.2) is 46.2 Å². The van der Waals surface area contributed by atoms with Gasteiger partial charge in [0.25, 0.3) is 5.91 Å². The second kappa shape index (κ2) is 9.27. The van der Waals surface area contributed by atoms with Crippen LogP contribution in [-0.2, 0) is 14.8 Å². The van der Waals surface area contributed by atoms with E-state index in [1.54, 1.807) is 26.2 Å². The fourth-order valence-electron chi connectivity index (χ4n) is 2.05. The SMILES string of the molecule is CCNS(=O)(=O)c1cccc(C(=O)Nc2ccc(OCCOC)nc2)c1. The van der Waals surface area contributed by atoms with Gasteiger partial charge in [-0.2, -0.15) is 0 Å². The maximum absolute atomic E-state index is 12.3. The van der Waals surface area contributed by atoms with Gasteiger partial charge < -0.3 is 14.8 Å². The Kier molecular flexibility index (Phi) is 7.07. The summed E-state index contributed by atoms with van der Waals surface area (Å²) in [6.45, 7) is 2.78. The number of hydrogen-bond acceptors (Lipinski definition) is 6. The number of methoxy groups -OCH3 is 1. The van der Waals surface area contributed by atoms with Crippen LogP contribution in [0.2, 0.25) is 0 Å². The van der Waals surface area contributed by atoms with Crippen LogP contribution in [0.1, 0.15) is 17.3 Å². The summed E-state index contributed by atoms with van der Waals surface area (Å²) in [6.07, 6.45) is 1.46. The summed E-state index contributed by atoms with van der Waals surface area (Å²) in [4.78, 5) is 16.5. The van der Waals surface area contributed by atoms with Crippen molar-refractivity contribution in [3.8, 4) is 5.88 Å². The van der Waals surface area contributed by atoms with E-state index in [4.69, 9.17) is 9.47 Å². The molecule has 0 aliphatic heterocycles. The molecule has 0 unspecified atom stereocenters. The molecule has 1 heterocycles. The quantitative estimate of drug-likeness (QED) is 0.642. The number of carbonyl (C=O) groups is 1. The topological polar surface area (TPSA) is 107 Å². The van der Waals surface area contributed by atoms with Gasteiger partial charge in [0.15, 0.2) is 0 Å². The Bertz CT molecular complexity index is 838. The molecule has 0 aliphatic carbocycles. The zero-order valence-electron chi connectivity index (χ0n) is 14.6. The van der Waals surface area contributed by atoms with E-state index in [9.17, 15) is 13.2 Å². The van der Waals surface area contributed by atoms with Gasteiger partial charge in [-0.1, -0.05) is 13.0 Å². The Morgan fingerprint density at radius 3 is 2.65 bits per heavy atom. The van der Waals surface area contributed by atoms with Crippen LogP contribution in [0, 0.1) is 0 Å². The van der Waals surface area contributed by atoms with E-state index in [1.807, 2.05) is 0 Å². The molecule has 26 heavy (non-hydrogen) atoms. The molecule has 0 atom stereocenters. The second-order valence-electron chi connectivity index (χ2n) is 5.21. The van der Waals surface area contributed by atoms with Crippen molar-refractivity contribution in [3.63, 3.8) is 0 Å². The number of pyridine rings is 1. The van der Waals surface area contributed by atoms with Gasteiger partial charge in [-0.15, -0.1) is 0 Å². The van der Waals surface area contributed by atoms with Crippen LogP contribution >= 0.6 is 0 Å². The summed E-state index contributed by atoms with van der Waals surface area (Å²) in [7, 11) is -2.05. The predicted octanol–water partition coefficient (Wildman–Crippen LogP) is 1.66. The maximum atomic E-state index is 12.3. The second-order valence-corrected chi connectivity index (χ2v) is 6.98. The summed E-state index contributed by atoms with van der Waals surface area (Å²) < 4.78 is 36.7. The number of amides is 1. The molecule has 2 N–H and O–H groups in total. The van der Waals surface area contributed by atoms with E-state index >= 15 is 0 Å². The number of benzene rings is 1. The molecule has 0 spiro atoms. The average Bonchev–Trinajstić information content (AvgIpc) is 2.63. The molecule has 2 aromatic rings. The highest BCUT2D eigenvalue weighted by Crippen LogP contribution is 2.15. The van der Waals surface area contributed by atoms with Crippen molar-refractivity contribution in [1.82, 2.24) is 9.71 Å². The van der Waals surface area contributed by atoms with E-state index in [2.05, 4.69) is 15.0 Å². The summed E-state index contributed by atoms with van der Waals surface area (Å²) in [5.74, 6) is -0.0211. The van der Waals surface area contributed by atoms with Crippen LogP contribution in [0.3, 0.4) is 0 Å². The standard InChI is InChI=1S/C17H21N3O5S/c1-3-19-26(22,23)15-6-4-5-13(11-15)17(21)20-14-7-8-16(18-12-14)25-10-9-24-2/h4-8,11-12,19H,3,9-10H2,1-2H3,(H,20,21). The zero-order valence-corrected chi connectivity index (χ0v) is 15.4. The van der Waals surface area contributed by atoms with E-state index < -0.39 is 15.9 Å². The summed E-state index contributed by atoms with van der Waals surface area (Å²) >= 11 is 0. The fraction of sp³-hybridized carbons (Fsp3) is 0.294. The van der Waals surface area contributed by atoms with E-state index in [0.29, 0.717) is 24.8 Å². The predicted molar refractivity (Wildman–Crippen MR) is 96.9 cm³/mol. The van der Waals surface area contributed by atoms with Gasteiger partial charge in [0.2, 0.25) is 15.9 Å². The Labute approximate surface area is 152 Å². The van der Waals surface area contributed by atoms with Crippen molar-refractivity contribution in [2.45, 2.75) is 11.8 Å². The molecule has 0 radical (unpaired) electrons. The number of anilines is 1. The number of ether oxygens (including phenoxy) is 2. The van der Waals surface area contributed by atoms with Crippen LogP contribution in [0.25, 0.3) is 0 Å². The van der Waals surface area contributed by atoms with Crippen LogP contribution < -0.4 is 14.8 Å². The molecule has 0 saturated heterocycles. The Morgan fingerprint density at radius 1 is 1.19 bits per heavy atom. The van der Waals surface area contributed by atoms with Crippen LogP contribution in [0.4, 0.5) is 5.69 Å². The van der Waals surface area contributed by atoms with Crippen LogP contribution in [0.15, 0.2) is 47.5 Å². The minimum absolute atomic E-state index is 0.0343. The molecular weight excluding hydrogens is 358 g/mol. The van der Waals surface area contributed by atoms with Gasteiger partial charge in [-0.25, -0.2) is 18.1 Å². The molecule has 2 rings (SSSR count). The molecule has 0 bridgehead atoms. The minimum Gasteiger partial charge on any atom is -0.475 e. The number of sulfonamides is 1. The molecule has 9 heteroatoms. The zero-order chi connectivity index (χ0) is 19.0. The summed E-state index contributed by atoms with van der Waals surface area (Å²) in [5, 5.41) is 2.67. The van der Waals surface area contributed by atoms with Gasteiger partial charge in [-0.05, 0) is 24.3 Å². The highest BCUT2D eigenvalue weighted by atomic mass is 32.2. The Balaban J connectivity index is 2.06. The summed E-state index contributed by atoms with van der Waals surface area (Å²) in [5.41, 5.74) is 0.693. The third-order valence-corrected chi connectivity index (χ3v) is 4.82. The maximum Gasteiger partial charge on any atom is 0.255 e. The smallest absolute Gasteiger partial charge is 0.255 e. The van der Waals surface area contributed by atoms with E-state index in [1.165, 1.54) is 30.5 Å². The number of aromatic nitrogens is 1.